The normalized spacial score (nSPS) is 10.6. The van der Waals surface area contributed by atoms with E-state index in [0.717, 1.165) is 7.05 Å². The Bertz CT molecular complexity index is 397. The summed E-state index contributed by atoms with van der Waals surface area (Å²) in [6.45, 7) is -1.32. The van der Waals surface area contributed by atoms with Crippen LogP contribution in [-0.2, 0) is 0 Å². The molecule has 0 atom stereocenters. The van der Waals surface area contributed by atoms with Crippen LogP contribution in [0.1, 0.15) is 10.5 Å². The molecule has 96 valence electrons. The Balaban J connectivity index is 0.00000256. The number of anilines is 1. The third-order valence-electron chi connectivity index (χ3n) is 1.75. The predicted octanol–water partition coefficient (Wildman–Crippen LogP) is 1.72. The molecule has 0 fully saturated rings. The van der Waals surface area contributed by atoms with Crippen molar-refractivity contribution in [3.63, 3.8) is 0 Å². The van der Waals surface area contributed by atoms with Crippen molar-refractivity contribution in [3.05, 3.63) is 23.9 Å². The molecule has 1 heterocycles. The van der Waals surface area contributed by atoms with Gasteiger partial charge in [0.15, 0.2) is 0 Å². The first-order valence-corrected chi connectivity index (χ1v) is 4.34. The van der Waals surface area contributed by atoms with E-state index in [-0.39, 0.29) is 23.9 Å². The lowest BCUT2D eigenvalue weighted by Crippen LogP contribution is -2.36. The molecule has 0 aliphatic carbocycles. The van der Waals surface area contributed by atoms with Gasteiger partial charge in [-0.15, -0.1) is 12.4 Å². The number of pyridine rings is 1. The topological polar surface area (TPSA) is 59.2 Å². The number of carbonyl (C=O) groups excluding carboxylic acids is 1. The number of nitrogens with two attached hydrogens (primary N) is 1. The van der Waals surface area contributed by atoms with Crippen molar-refractivity contribution in [2.24, 2.45) is 0 Å². The second-order valence-corrected chi connectivity index (χ2v) is 3.22. The van der Waals surface area contributed by atoms with E-state index in [4.69, 9.17) is 5.73 Å². The van der Waals surface area contributed by atoms with E-state index >= 15 is 0 Å². The maximum absolute atomic E-state index is 12.0. The summed E-state index contributed by atoms with van der Waals surface area (Å²) < 4.78 is 36.1. The minimum absolute atomic E-state index is 0. The van der Waals surface area contributed by atoms with Gasteiger partial charge in [0, 0.05) is 7.05 Å². The standard InChI is InChI=1S/C9H10F3N3O.ClH/c1-15(5-9(10,11)12)8(16)6-3-2-4-7(13)14-6;/h2-4H,5H2,1H3,(H2,13,14);1H. The monoisotopic (exact) mass is 269 g/mol. The van der Waals surface area contributed by atoms with Crippen LogP contribution in [0.3, 0.4) is 0 Å². The zero-order valence-corrected chi connectivity index (χ0v) is 9.68. The highest BCUT2D eigenvalue weighted by molar-refractivity contribution is 5.92. The lowest BCUT2D eigenvalue weighted by atomic mass is 10.3. The van der Waals surface area contributed by atoms with E-state index < -0.39 is 18.6 Å². The third kappa shape index (κ3) is 4.90. The van der Waals surface area contributed by atoms with Crippen LogP contribution in [-0.4, -0.2) is 35.6 Å². The maximum atomic E-state index is 12.0. The van der Waals surface area contributed by atoms with Gasteiger partial charge in [-0.05, 0) is 12.1 Å². The summed E-state index contributed by atoms with van der Waals surface area (Å²) in [7, 11) is 1.06. The van der Waals surface area contributed by atoms with Crippen LogP contribution >= 0.6 is 12.4 Å². The van der Waals surface area contributed by atoms with E-state index in [2.05, 4.69) is 4.98 Å². The molecule has 2 N–H and O–H groups in total. The first-order valence-electron chi connectivity index (χ1n) is 4.34. The molecule has 0 unspecified atom stereocenters. The molecule has 0 saturated carbocycles. The third-order valence-corrected chi connectivity index (χ3v) is 1.75. The van der Waals surface area contributed by atoms with Gasteiger partial charge in [-0.2, -0.15) is 13.2 Å². The van der Waals surface area contributed by atoms with Crippen molar-refractivity contribution in [1.82, 2.24) is 9.88 Å². The number of hydrogen-bond donors (Lipinski definition) is 1. The number of alkyl halides is 3. The van der Waals surface area contributed by atoms with E-state index in [9.17, 15) is 18.0 Å². The van der Waals surface area contributed by atoms with Crippen molar-refractivity contribution >= 4 is 24.1 Å². The molecule has 0 saturated heterocycles. The molecule has 17 heavy (non-hydrogen) atoms. The van der Waals surface area contributed by atoms with Gasteiger partial charge in [0.05, 0.1) is 0 Å². The van der Waals surface area contributed by atoms with E-state index in [0.29, 0.717) is 4.90 Å². The number of nitrogens with zero attached hydrogens (tertiary/aromatic N) is 2. The zero-order valence-electron chi connectivity index (χ0n) is 8.86. The van der Waals surface area contributed by atoms with Gasteiger partial charge >= 0.3 is 6.18 Å². The highest BCUT2D eigenvalue weighted by Crippen LogP contribution is 2.16. The lowest BCUT2D eigenvalue weighted by Gasteiger charge is -2.18. The number of hydrogen-bond acceptors (Lipinski definition) is 3. The highest BCUT2D eigenvalue weighted by atomic mass is 35.5. The van der Waals surface area contributed by atoms with E-state index in [1.165, 1.54) is 18.2 Å². The summed E-state index contributed by atoms with van der Waals surface area (Å²) in [6, 6.07) is 4.21. The number of nitrogen functional groups attached to an aromatic ring is 1. The molecule has 1 aromatic rings. The van der Waals surface area contributed by atoms with Gasteiger partial charge in [0.2, 0.25) is 0 Å². The molecule has 0 spiro atoms. The summed E-state index contributed by atoms with van der Waals surface area (Å²) in [5, 5.41) is 0. The molecule has 1 rings (SSSR count). The predicted molar refractivity (Wildman–Crippen MR) is 58.9 cm³/mol. The number of amides is 1. The highest BCUT2D eigenvalue weighted by Gasteiger charge is 2.31. The molecule has 0 aliphatic heterocycles. The van der Waals surface area contributed by atoms with Crippen molar-refractivity contribution in [1.29, 1.82) is 0 Å². The van der Waals surface area contributed by atoms with Crippen LogP contribution in [0.2, 0.25) is 0 Å². The minimum atomic E-state index is -4.43. The van der Waals surface area contributed by atoms with E-state index in [1.807, 2.05) is 0 Å². The molecular weight excluding hydrogens is 259 g/mol. The summed E-state index contributed by atoms with van der Waals surface area (Å²) >= 11 is 0. The molecule has 0 radical (unpaired) electrons. The quantitative estimate of drug-likeness (QED) is 0.889. The van der Waals surface area contributed by atoms with Gasteiger partial charge in [0.25, 0.3) is 5.91 Å². The number of carbonyl (C=O) groups is 1. The fourth-order valence-corrected chi connectivity index (χ4v) is 1.11. The van der Waals surface area contributed by atoms with Crippen LogP contribution in [0.5, 0.6) is 0 Å². The Morgan fingerprint density at radius 2 is 2.06 bits per heavy atom. The largest absolute Gasteiger partial charge is 0.406 e. The molecule has 4 nitrogen and oxygen atoms in total. The molecular formula is C9H11ClF3N3O. The van der Waals surface area contributed by atoms with Gasteiger partial charge < -0.3 is 10.6 Å². The van der Waals surface area contributed by atoms with Crippen LogP contribution in [0.25, 0.3) is 0 Å². The van der Waals surface area contributed by atoms with Crippen molar-refractivity contribution < 1.29 is 18.0 Å². The van der Waals surface area contributed by atoms with Gasteiger partial charge in [-0.1, -0.05) is 6.07 Å². The lowest BCUT2D eigenvalue weighted by molar-refractivity contribution is -0.138. The molecule has 0 bridgehead atoms. The summed E-state index contributed by atoms with van der Waals surface area (Å²) in [5.74, 6) is -0.726. The Hall–Kier alpha value is -1.50. The second-order valence-electron chi connectivity index (χ2n) is 3.22. The van der Waals surface area contributed by atoms with Gasteiger partial charge in [-0.25, -0.2) is 4.98 Å². The molecule has 1 amide bonds. The molecule has 0 aromatic carbocycles. The van der Waals surface area contributed by atoms with E-state index in [1.54, 1.807) is 0 Å². The average Bonchev–Trinajstić information content (AvgIpc) is 2.14. The van der Waals surface area contributed by atoms with Crippen LogP contribution in [0.15, 0.2) is 18.2 Å². The van der Waals surface area contributed by atoms with Crippen LogP contribution < -0.4 is 5.73 Å². The summed E-state index contributed by atoms with van der Waals surface area (Å²) in [5.41, 5.74) is 5.21. The summed E-state index contributed by atoms with van der Waals surface area (Å²) in [6.07, 6.45) is -4.43. The minimum Gasteiger partial charge on any atom is -0.384 e. The summed E-state index contributed by atoms with van der Waals surface area (Å²) in [4.78, 5) is 15.7. The van der Waals surface area contributed by atoms with Gasteiger partial charge in [-0.3, -0.25) is 4.79 Å². The fraction of sp³-hybridized carbons (Fsp3) is 0.333. The Kier molecular flexibility index (Phi) is 5.21. The average molecular weight is 270 g/mol. The first kappa shape index (κ1) is 15.5. The fourth-order valence-electron chi connectivity index (χ4n) is 1.11. The zero-order chi connectivity index (χ0) is 12.3. The van der Waals surface area contributed by atoms with Gasteiger partial charge in [0.1, 0.15) is 18.1 Å². The molecule has 0 aliphatic rings. The number of halogens is 4. The number of rotatable bonds is 2. The van der Waals surface area contributed by atoms with Crippen molar-refractivity contribution in [2.75, 3.05) is 19.3 Å². The number of aromatic nitrogens is 1. The Labute approximate surface area is 102 Å². The SMILES string of the molecule is CN(CC(F)(F)F)C(=O)c1cccc(N)n1.Cl. The van der Waals surface area contributed by atoms with Crippen molar-refractivity contribution in [3.8, 4) is 0 Å². The first-order chi connectivity index (χ1) is 7.29. The van der Waals surface area contributed by atoms with Crippen molar-refractivity contribution in [2.45, 2.75) is 6.18 Å². The molecule has 8 heteroatoms. The second kappa shape index (κ2) is 5.72. The van der Waals surface area contributed by atoms with Crippen LogP contribution in [0.4, 0.5) is 19.0 Å². The Morgan fingerprint density at radius 1 is 1.47 bits per heavy atom. The smallest absolute Gasteiger partial charge is 0.384 e. The molecule has 1 aromatic heterocycles. The van der Waals surface area contributed by atoms with Crippen LogP contribution in [0, 0.1) is 0 Å². The maximum Gasteiger partial charge on any atom is 0.406 e. The Morgan fingerprint density at radius 3 is 2.53 bits per heavy atom.